The van der Waals surface area contributed by atoms with E-state index in [4.69, 9.17) is 23.7 Å². The van der Waals surface area contributed by atoms with E-state index in [0.717, 1.165) is 10.8 Å². The predicted molar refractivity (Wildman–Crippen MR) is 120 cm³/mol. The standard InChI is InChI=1S/C21H30FN3O8S/c1-11(2)8-30-19(28)24-15-12(22)7-25(18(27)23-15)13-9-34-16(32-13)14-21(5,17(26)29-6)10-31-20(3,4)33-14/h7,11,13-14,16H,8-10H2,1-6H3,(H,23,24,27,28)/t13-,14?,16+,21?/m1/s1. The highest BCUT2D eigenvalue weighted by Gasteiger charge is 2.56. The molecule has 1 aromatic heterocycles. The number of methoxy groups -OCH3 is 1. The number of aromatic nitrogens is 2. The molecule has 3 rings (SSSR count). The smallest absolute Gasteiger partial charge is 0.412 e. The van der Waals surface area contributed by atoms with Gasteiger partial charge in [0.1, 0.15) is 23.2 Å². The van der Waals surface area contributed by atoms with Crippen LogP contribution in [0.4, 0.5) is 15.0 Å². The van der Waals surface area contributed by atoms with E-state index >= 15 is 0 Å². The quantitative estimate of drug-likeness (QED) is 0.579. The number of hydrogen-bond donors (Lipinski definition) is 1. The number of thioether (sulfide) groups is 1. The number of hydrogen-bond acceptors (Lipinski definition) is 10. The summed E-state index contributed by atoms with van der Waals surface area (Å²) in [4.78, 5) is 40.5. The maximum atomic E-state index is 14.6. The van der Waals surface area contributed by atoms with Crippen molar-refractivity contribution in [2.45, 2.75) is 58.2 Å². The fourth-order valence-electron chi connectivity index (χ4n) is 3.47. The van der Waals surface area contributed by atoms with Crippen LogP contribution in [-0.2, 0) is 28.5 Å². The first-order valence-corrected chi connectivity index (χ1v) is 11.8. The summed E-state index contributed by atoms with van der Waals surface area (Å²) < 4.78 is 43.2. The van der Waals surface area contributed by atoms with Crippen molar-refractivity contribution >= 4 is 29.6 Å². The minimum absolute atomic E-state index is 0.0475. The summed E-state index contributed by atoms with van der Waals surface area (Å²) in [5.41, 5.74) is -2.65. The lowest BCUT2D eigenvalue weighted by atomic mass is 9.83. The lowest BCUT2D eigenvalue weighted by Gasteiger charge is -2.47. The second-order valence-corrected chi connectivity index (χ2v) is 10.3. The van der Waals surface area contributed by atoms with Gasteiger partial charge >= 0.3 is 17.8 Å². The monoisotopic (exact) mass is 503 g/mol. The molecule has 4 atom stereocenters. The molecule has 1 N–H and O–H groups in total. The predicted octanol–water partition coefficient (Wildman–Crippen LogP) is 2.51. The number of anilines is 1. The van der Waals surface area contributed by atoms with Crippen LogP contribution < -0.4 is 11.0 Å². The van der Waals surface area contributed by atoms with Crippen molar-refractivity contribution in [1.82, 2.24) is 9.55 Å². The van der Waals surface area contributed by atoms with Crippen molar-refractivity contribution in [2.75, 3.05) is 31.4 Å². The molecule has 0 aliphatic carbocycles. The molecule has 2 aliphatic heterocycles. The van der Waals surface area contributed by atoms with Crippen LogP contribution in [0.25, 0.3) is 0 Å². The SMILES string of the molecule is COC(=O)C1(C)COC(C)(C)OC1[C@H]1O[C@@H](n2cc(F)c(NC(=O)OCC(C)C)nc2=O)CS1. The Morgan fingerprint density at radius 2 is 2.09 bits per heavy atom. The molecule has 3 heterocycles. The molecule has 13 heteroatoms. The van der Waals surface area contributed by atoms with Gasteiger partial charge in [0, 0.05) is 5.75 Å². The molecule has 0 spiro atoms. The molecule has 2 aliphatic rings. The highest BCUT2D eigenvalue weighted by atomic mass is 32.2. The number of esters is 1. The van der Waals surface area contributed by atoms with Crippen LogP contribution in [0.3, 0.4) is 0 Å². The van der Waals surface area contributed by atoms with Crippen molar-refractivity contribution < 1.29 is 37.7 Å². The van der Waals surface area contributed by atoms with Crippen LogP contribution in [0.2, 0.25) is 0 Å². The maximum Gasteiger partial charge on any atom is 0.412 e. The Kier molecular flexibility index (Phi) is 7.90. The Hall–Kier alpha value is -2.22. The van der Waals surface area contributed by atoms with Crippen molar-refractivity contribution in [2.24, 2.45) is 11.3 Å². The molecule has 0 bridgehead atoms. The van der Waals surface area contributed by atoms with Gasteiger partial charge in [-0.25, -0.2) is 14.0 Å². The average molecular weight is 504 g/mol. The molecule has 2 fully saturated rings. The van der Waals surface area contributed by atoms with E-state index in [1.165, 1.54) is 18.9 Å². The summed E-state index contributed by atoms with van der Waals surface area (Å²) in [5.74, 6) is -2.60. The first-order valence-electron chi connectivity index (χ1n) is 10.8. The fraction of sp³-hybridized carbons (Fsp3) is 0.714. The molecule has 11 nitrogen and oxygen atoms in total. The lowest BCUT2D eigenvalue weighted by molar-refractivity contribution is -0.323. The second kappa shape index (κ2) is 10.2. The Balaban J connectivity index is 1.76. The van der Waals surface area contributed by atoms with Gasteiger partial charge in [0.05, 0.1) is 26.5 Å². The molecule has 1 aromatic rings. The van der Waals surface area contributed by atoms with Gasteiger partial charge in [0.2, 0.25) is 0 Å². The van der Waals surface area contributed by atoms with E-state index < -0.39 is 58.4 Å². The molecule has 2 unspecified atom stereocenters. The minimum Gasteiger partial charge on any atom is -0.468 e. The summed E-state index contributed by atoms with van der Waals surface area (Å²) in [6.07, 6.45) is -1.63. The van der Waals surface area contributed by atoms with Gasteiger partial charge in [0.25, 0.3) is 0 Å². The normalized spacial score (nSPS) is 28.5. The van der Waals surface area contributed by atoms with Crippen LogP contribution in [0, 0.1) is 17.2 Å². The number of rotatable bonds is 6. The van der Waals surface area contributed by atoms with Gasteiger partial charge < -0.3 is 23.7 Å². The highest BCUT2D eigenvalue weighted by Crippen LogP contribution is 2.45. The molecule has 0 radical (unpaired) electrons. The van der Waals surface area contributed by atoms with Crippen LogP contribution in [0.5, 0.6) is 0 Å². The summed E-state index contributed by atoms with van der Waals surface area (Å²) >= 11 is 1.31. The van der Waals surface area contributed by atoms with Crippen LogP contribution in [0.1, 0.15) is 40.8 Å². The summed E-state index contributed by atoms with van der Waals surface area (Å²) in [7, 11) is 1.28. The molecular formula is C21H30FN3O8S. The zero-order chi connectivity index (χ0) is 25.3. The molecule has 1 amide bonds. The van der Waals surface area contributed by atoms with Gasteiger partial charge in [-0.1, -0.05) is 13.8 Å². The number of carbonyl (C=O) groups is 2. The molecule has 2 saturated heterocycles. The number of carbonyl (C=O) groups excluding carboxylic acids is 2. The van der Waals surface area contributed by atoms with Gasteiger partial charge in [-0.3, -0.25) is 14.7 Å². The van der Waals surface area contributed by atoms with Crippen molar-refractivity contribution in [3.05, 3.63) is 22.5 Å². The van der Waals surface area contributed by atoms with Gasteiger partial charge in [-0.2, -0.15) is 4.98 Å². The summed E-state index contributed by atoms with van der Waals surface area (Å²) in [6.45, 7) is 8.97. The number of nitrogens with zero attached hydrogens (tertiary/aromatic N) is 2. The first kappa shape index (κ1) is 26.4. The third kappa shape index (κ3) is 5.70. The molecule has 190 valence electrons. The maximum absolute atomic E-state index is 14.6. The molecule has 0 saturated carbocycles. The Bertz CT molecular complexity index is 987. The van der Waals surface area contributed by atoms with E-state index in [2.05, 4.69) is 10.3 Å². The molecule has 34 heavy (non-hydrogen) atoms. The van der Waals surface area contributed by atoms with E-state index in [1.807, 2.05) is 13.8 Å². The first-order chi connectivity index (χ1) is 15.9. The van der Waals surface area contributed by atoms with Crippen LogP contribution in [-0.4, -0.2) is 65.0 Å². The van der Waals surface area contributed by atoms with Crippen LogP contribution >= 0.6 is 11.8 Å². The van der Waals surface area contributed by atoms with Crippen molar-refractivity contribution in [3.63, 3.8) is 0 Å². The number of ether oxygens (including phenoxy) is 5. The third-order valence-corrected chi connectivity index (χ3v) is 6.50. The topological polar surface area (TPSA) is 127 Å². The molecular weight excluding hydrogens is 473 g/mol. The zero-order valence-electron chi connectivity index (χ0n) is 20.0. The van der Waals surface area contributed by atoms with Gasteiger partial charge in [-0.05, 0) is 26.7 Å². The van der Waals surface area contributed by atoms with Crippen LogP contribution in [0.15, 0.2) is 11.0 Å². The van der Waals surface area contributed by atoms with Gasteiger partial charge in [-0.15, -0.1) is 11.8 Å². The number of amides is 1. The Morgan fingerprint density at radius 3 is 2.74 bits per heavy atom. The fourth-order valence-corrected chi connectivity index (χ4v) is 4.80. The van der Waals surface area contributed by atoms with E-state index in [9.17, 15) is 18.8 Å². The summed E-state index contributed by atoms with van der Waals surface area (Å²) in [6, 6.07) is 0. The third-order valence-electron chi connectivity index (χ3n) is 5.34. The average Bonchev–Trinajstić information content (AvgIpc) is 3.25. The minimum atomic E-state index is -1.16. The second-order valence-electron chi connectivity index (χ2n) is 9.17. The molecule has 0 aromatic carbocycles. The lowest BCUT2D eigenvalue weighted by Crippen LogP contribution is -2.59. The van der Waals surface area contributed by atoms with E-state index in [0.29, 0.717) is 0 Å². The Labute approximate surface area is 200 Å². The highest BCUT2D eigenvalue weighted by molar-refractivity contribution is 8.00. The number of halogens is 1. The van der Waals surface area contributed by atoms with Gasteiger partial charge in [0.15, 0.2) is 17.4 Å². The Morgan fingerprint density at radius 1 is 1.38 bits per heavy atom. The largest absolute Gasteiger partial charge is 0.468 e. The van der Waals surface area contributed by atoms with E-state index in [-0.39, 0.29) is 24.9 Å². The summed E-state index contributed by atoms with van der Waals surface area (Å²) in [5, 5.41) is 2.13. The van der Waals surface area contributed by atoms with Crippen molar-refractivity contribution in [1.29, 1.82) is 0 Å². The van der Waals surface area contributed by atoms with E-state index in [1.54, 1.807) is 20.8 Å². The number of nitrogens with one attached hydrogen (secondary N) is 1. The zero-order valence-corrected chi connectivity index (χ0v) is 20.8. The van der Waals surface area contributed by atoms with Crippen molar-refractivity contribution in [3.8, 4) is 0 Å².